The number of anilines is 2. The molecule has 0 aliphatic carbocycles. The second-order valence-corrected chi connectivity index (χ2v) is 6.09. The largest absolute Gasteiger partial charge is 0.497 e. The number of ether oxygens (including phenoxy) is 3. The molecule has 7 nitrogen and oxygen atoms in total. The van der Waals surface area contributed by atoms with Gasteiger partial charge >= 0.3 is 0 Å². The maximum atomic E-state index is 12.7. The van der Waals surface area contributed by atoms with Gasteiger partial charge in [0.05, 0.1) is 21.3 Å². The van der Waals surface area contributed by atoms with Crippen molar-refractivity contribution in [3.05, 3.63) is 42.5 Å². The molecule has 1 saturated heterocycles. The maximum Gasteiger partial charge on any atom is 0.239 e. The first kappa shape index (κ1) is 18.6. The summed E-state index contributed by atoms with van der Waals surface area (Å²) >= 11 is 0. The Bertz CT molecular complexity index is 835. The van der Waals surface area contributed by atoms with Gasteiger partial charge in [0, 0.05) is 24.0 Å². The third kappa shape index (κ3) is 3.81. The van der Waals surface area contributed by atoms with Crippen molar-refractivity contribution in [2.75, 3.05) is 38.1 Å². The summed E-state index contributed by atoms with van der Waals surface area (Å²) in [6.45, 7) is 0.495. The lowest BCUT2D eigenvalue weighted by atomic mass is 10.1. The number of carbonyl (C=O) groups excluding carboxylic acids is 2. The molecule has 1 aliphatic rings. The fraction of sp³-hybridized carbons (Fsp3) is 0.300. The molecule has 0 saturated carbocycles. The molecule has 27 heavy (non-hydrogen) atoms. The third-order valence-electron chi connectivity index (χ3n) is 4.56. The number of nitrogens with one attached hydrogen (secondary N) is 1. The van der Waals surface area contributed by atoms with E-state index >= 15 is 0 Å². The molecule has 1 aliphatic heterocycles. The highest BCUT2D eigenvalue weighted by molar-refractivity contribution is 6.13. The van der Waals surface area contributed by atoms with Crippen molar-refractivity contribution in [1.29, 1.82) is 0 Å². The van der Waals surface area contributed by atoms with E-state index in [-0.39, 0.29) is 11.8 Å². The molecule has 0 radical (unpaired) electrons. The molecule has 1 fully saturated rings. The summed E-state index contributed by atoms with van der Waals surface area (Å²) in [5, 5.41) is 2.79. The minimum atomic E-state index is -0.722. The van der Waals surface area contributed by atoms with Crippen LogP contribution in [0, 0.1) is 5.92 Å². The third-order valence-corrected chi connectivity index (χ3v) is 4.56. The van der Waals surface area contributed by atoms with Gasteiger partial charge in [-0.1, -0.05) is 0 Å². The molecule has 3 rings (SSSR count). The number of amides is 2. The van der Waals surface area contributed by atoms with Gasteiger partial charge in [-0.15, -0.1) is 0 Å². The lowest BCUT2D eigenvalue weighted by molar-refractivity contribution is -0.129. The van der Waals surface area contributed by atoms with Crippen LogP contribution >= 0.6 is 0 Å². The van der Waals surface area contributed by atoms with E-state index < -0.39 is 5.92 Å². The molecular weight excluding hydrogens is 348 g/mol. The van der Waals surface area contributed by atoms with E-state index in [9.17, 15) is 9.59 Å². The molecule has 1 unspecified atom stereocenters. The minimum Gasteiger partial charge on any atom is -0.497 e. The Morgan fingerprint density at radius 1 is 1.00 bits per heavy atom. The molecule has 7 heteroatoms. The maximum absolute atomic E-state index is 12.7. The number of carbonyl (C=O) groups is 2. The fourth-order valence-corrected chi connectivity index (χ4v) is 3.09. The number of rotatable bonds is 6. The molecule has 1 N–H and O–H groups in total. The van der Waals surface area contributed by atoms with Crippen LogP contribution in [0.25, 0.3) is 0 Å². The summed E-state index contributed by atoms with van der Waals surface area (Å²) in [4.78, 5) is 26.9. The summed E-state index contributed by atoms with van der Waals surface area (Å²) < 4.78 is 15.6. The van der Waals surface area contributed by atoms with E-state index in [0.29, 0.717) is 35.9 Å². The Balaban J connectivity index is 1.69. The van der Waals surface area contributed by atoms with Gasteiger partial charge in [-0.3, -0.25) is 9.59 Å². The quantitative estimate of drug-likeness (QED) is 0.791. The normalized spacial score (nSPS) is 16.2. The highest BCUT2D eigenvalue weighted by Gasteiger charge is 2.37. The first-order chi connectivity index (χ1) is 13.1. The van der Waals surface area contributed by atoms with Crippen molar-refractivity contribution in [2.45, 2.75) is 6.42 Å². The average Bonchev–Trinajstić information content (AvgIpc) is 3.09. The van der Waals surface area contributed by atoms with Crippen molar-refractivity contribution in [3.63, 3.8) is 0 Å². The Kier molecular flexibility index (Phi) is 5.49. The topological polar surface area (TPSA) is 77.1 Å². The Hall–Kier alpha value is -3.22. The summed E-state index contributed by atoms with van der Waals surface area (Å²) in [5.41, 5.74) is 1.30. The molecule has 0 spiro atoms. The van der Waals surface area contributed by atoms with Crippen LogP contribution in [0.15, 0.2) is 42.5 Å². The predicted molar refractivity (Wildman–Crippen MR) is 102 cm³/mol. The van der Waals surface area contributed by atoms with Crippen LogP contribution in [-0.2, 0) is 9.59 Å². The van der Waals surface area contributed by atoms with Crippen molar-refractivity contribution in [1.82, 2.24) is 0 Å². The highest BCUT2D eigenvalue weighted by atomic mass is 16.5. The summed E-state index contributed by atoms with van der Waals surface area (Å²) in [5.74, 6) is 0.528. The van der Waals surface area contributed by atoms with Crippen molar-refractivity contribution in [2.24, 2.45) is 5.92 Å². The monoisotopic (exact) mass is 370 g/mol. The summed E-state index contributed by atoms with van der Waals surface area (Å²) in [7, 11) is 4.66. The molecule has 0 bridgehead atoms. The molecular formula is C20H22N2O5. The van der Waals surface area contributed by atoms with E-state index in [1.165, 1.54) is 7.11 Å². The predicted octanol–water partition coefficient (Wildman–Crippen LogP) is 2.70. The van der Waals surface area contributed by atoms with Gasteiger partial charge in [-0.2, -0.15) is 0 Å². The summed E-state index contributed by atoms with van der Waals surface area (Å²) in [6, 6.07) is 12.3. The zero-order chi connectivity index (χ0) is 19.4. The van der Waals surface area contributed by atoms with Crippen LogP contribution in [0.3, 0.4) is 0 Å². The molecule has 2 amide bonds. The second kappa shape index (κ2) is 7.99. The number of nitrogens with zero attached hydrogens (tertiary/aromatic N) is 1. The zero-order valence-corrected chi connectivity index (χ0v) is 15.5. The lowest BCUT2D eigenvalue weighted by Crippen LogP contribution is -2.33. The fourth-order valence-electron chi connectivity index (χ4n) is 3.09. The van der Waals surface area contributed by atoms with Gasteiger partial charge in [-0.25, -0.2) is 0 Å². The Morgan fingerprint density at radius 3 is 2.33 bits per heavy atom. The Labute approximate surface area is 157 Å². The molecule has 1 heterocycles. The SMILES string of the molecule is COc1ccc(N2CCC(C(=O)Nc3ccc(OC)c(OC)c3)C2=O)cc1. The van der Waals surface area contributed by atoms with Gasteiger partial charge in [0.2, 0.25) is 11.8 Å². The van der Waals surface area contributed by atoms with Gasteiger partial charge in [0.25, 0.3) is 0 Å². The highest BCUT2D eigenvalue weighted by Crippen LogP contribution is 2.31. The van der Waals surface area contributed by atoms with Crippen LogP contribution in [0.1, 0.15) is 6.42 Å². The smallest absolute Gasteiger partial charge is 0.239 e. The number of benzene rings is 2. The minimum absolute atomic E-state index is 0.210. The molecule has 2 aromatic carbocycles. The lowest BCUT2D eigenvalue weighted by Gasteiger charge is -2.17. The van der Waals surface area contributed by atoms with E-state index in [2.05, 4.69) is 5.32 Å². The van der Waals surface area contributed by atoms with Crippen LogP contribution in [0.4, 0.5) is 11.4 Å². The van der Waals surface area contributed by atoms with Gasteiger partial charge in [-0.05, 0) is 42.8 Å². The molecule has 1 atom stereocenters. The van der Waals surface area contributed by atoms with E-state index in [1.807, 2.05) is 12.1 Å². The Morgan fingerprint density at radius 2 is 1.70 bits per heavy atom. The zero-order valence-electron chi connectivity index (χ0n) is 15.5. The second-order valence-electron chi connectivity index (χ2n) is 6.09. The average molecular weight is 370 g/mol. The first-order valence-corrected chi connectivity index (χ1v) is 8.55. The van der Waals surface area contributed by atoms with Crippen molar-refractivity contribution < 1.29 is 23.8 Å². The molecule has 142 valence electrons. The number of hydrogen-bond donors (Lipinski definition) is 1. The van der Waals surface area contributed by atoms with Crippen molar-refractivity contribution >= 4 is 23.2 Å². The van der Waals surface area contributed by atoms with Crippen molar-refractivity contribution in [3.8, 4) is 17.2 Å². The molecule has 0 aromatic heterocycles. The van der Waals surface area contributed by atoms with E-state index in [0.717, 1.165) is 5.69 Å². The van der Waals surface area contributed by atoms with E-state index in [1.54, 1.807) is 49.5 Å². The van der Waals surface area contributed by atoms with Gasteiger partial charge < -0.3 is 24.4 Å². The number of hydrogen-bond acceptors (Lipinski definition) is 5. The van der Waals surface area contributed by atoms with Crippen LogP contribution < -0.4 is 24.4 Å². The number of methoxy groups -OCH3 is 3. The van der Waals surface area contributed by atoms with Gasteiger partial charge in [0.1, 0.15) is 11.7 Å². The standard InChI is InChI=1S/C20H22N2O5/c1-25-15-7-5-14(6-8-15)22-11-10-16(20(22)24)19(23)21-13-4-9-17(26-2)18(12-13)27-3/h4-9,12,16H,10-11H2,1-3H3,(H,21,23). The van der Waals surface area contributed by atoms with Crippen LogP contribution in [0.5, 0.6) is 17.2 Å². The van der Waals surface area contributed by atoms with Crippen LogP contribution in [0.2, 0.25) is 0 Å². The summed E-state index contributed by atoms with van der Waals surface area (Å²) in [6.07, 6.45) is 0.462. The van der Waals surface area contributed by atoms with Gasteiger partial charge in [0.15, 0.2) is 11.5 Å². The first-order valence-electron chi connectivity index (χ1n) is 8.55. The molecule has 2 aromatic rings. The van der Waals surface area contributed by atoms with Crippen LogP contribution in [-0.4, -0.2) is 39.7 Å². The van der Waals surface area contributed by atoms with E-state index in [4.69, 9.17) is 14.2 Å².